The Bertz CT molecular complexity index is 465. The molecule has 0 bridgehead atoms. The number of hydrogen-bond acceptors (Lipinski definition) is 2. The van der Waals surface area contributed by atoms with Gasteiger partial charge in [-0.15, -0.1) is 0 Å². The molecule has 0 heterocycles. The number of benzene rings is 1. The molecular formula is C10H6F4O3. The van der Waals surface area contributed by atoms with Crippen molar-refractivity contribution in [3.63, 3.8) is 0 Å². The molecule has 3 nitrogen and oxygen atoms in total. The van der Waals surface area contributed by atoms with E-state index in [0.717, 1.165) is 6.07 Å². The first-order chi connectivity index (χ1) is 7.71. The van der Waals surface area contributed by atoms with Crippen molar-refractivity contribution in [2.75, 3.05) is 0 Å². The number of ketones is 1. The highest BCUT2D eigenvalue weighted by molar-refractivity contribution is 6.33. The van der Waals surface area contributed by atoms with E-state index in [2.05, 4.69) is 0 Å². The highest BCUT2D eigenvalue weighted by atomic mass is 19.4. The minimum absolute atomic E-state index is 0.227. The highest BCUT2D eigenvalue weighted by Gasteiger charge is 2.31. The van der Waals surface area contributed by atoms with Crippen LogP contribution in [0.3, 0.4) is 0 Å². The number of alkyl halides is 3. The Labute approximate surface area is 92.7 Å². The SMILES string of the molecule is O=C(O)C(=O)Cc1ccc(C(F)(F)F)cc1F. The zero-order chi connectivity index (χ0) is 13.2. The minimum atomic E-state index is -4.68. The molecule has 0 aliphatic heterocycles. The average Bonchev–Trinajstić information content (AvgIpc) is 2.19. The van der Waals surface area contributed by atoms with Crippen LogP contribution in [-0.2, 0) is 22.2 Å². The number of carbonyl (C=O) groups excluding carboxylic acids is 1. The van der Waals surface area contributed by atoms with Crippen LogP contribution in [-0.4, -0.2) is 16.9 Å². The first-order valence-electron chi connectivity index (χ1n) is 4.33. The van der Waals surface area contributed by atoms with Crippen LogP contribution in [0.5, 0.6) is 0 Å². The van der Waals surface area contributed by atoms with E-state index in [1.54, 1.807) is 0 Å². The van der Waals surface area contributed by atoms with E-state index >= 15 is 0 Å². The molecule has 0 radical (unpaired) electrons. The minimum Gasteiger partial charge on any atom is -0.475 e. The first-order valence-corrected chi connectivity index (χ1v) is 4.33. The number of Topliss-reactive ketones (excluding diaryl/α,β-unsaturated/α-hetero) is 1. The van der Waals surface area contributed by atoms with E-state index in [4.69, 9.17) is 5.11 Å². The van der Waals surface area contributed by atoms with Crippen LogP contribution in [0.1, 0.15) is 11.1 Å². The molecule has 0 aliphatic carbocycles. The van der Waals surface area contributed by atoms with E-state index in [9.17, 15) is 27.2 Å². The Hall–Kier alpha value is -1.92. The zero-order valence-electron chi connectivity index (χ0n) is 8.21. The fraction of sp³-hybridized carbons (Fsp3) is 0.200. The summed E-state index contributed by atoms with van der Waals surface area (Å²) in [6.07, 6.45) is -5.46. The maximum absolute atomic E-state index is 13.2. The van der Waals surface area contributed by atoms with Crippen LogP contribution in [0.4, 0.5) is 17.6 Å². The summed E-state index contributed by atoms with van der Waals surface area (Å²) in [5.41, 5.74) is -1.58. The summed E-state index contributed by atoms with van der Waals surface area (Å²) >= 11 is 0. The van der Waals surface area contributed by atoms with Crippen molar-refractivity contribution in [1.29, 1.82) is 0 Å². The van der Waals surface area contributed by atoms with E-state index in [0.29, 0.717) is 6.07 Å². The second-order valence-electron chi connectivity index (χ2n) is 3.21. The fourth-order valence-corrected chi connectivity index (χ4v) is 1.12. The van der Waals surface area contributed by atoms with Gasteiger partial charge in [0, 0.05) is 6.42 Å². The van der Waals surface area contributed by atoms with Gasteiger partial charge >= 0.3 is 12.1 Å². The standard InChI is InChI=1S/C10H6F4O3/c11-7-4-6(10(12,13)14)2-1-5(7)3-8(15)9(16)17/h1-2,4H,3H2,(H,16,17). The Kier molecular flexibility index (Phi) is 3.50. The number of rotatable bonds is 3. The van der Waals surface area contributed by atoms with Gasteiger partial charge in [-0.3, -0.25) is 4.79 Å². The molecule has 1 rings (SSSR count). The molecule has 0 amide bonds. The molecule has 0 atom stereocenters. The molecule has 0 spiro atoms. The molecule has 0 aromatic heterocycles. The third-order valence-corrected chi connectivity index (χ3v) is 1.97. The summed E-state index contributed by atoms with van der Waals surface area (Å²) < 4.78 is 49.6. The molecule has 1 aromatic rings. The van der Waals surface area contributed by atoms with E-state index in [1.165, 1.54) is 0 Å². The second-order valence-corrected chi connectivity index (χ2v) is 3.21. The summed E-state index contributed by atoms with van der Waals surface area (Å²) in [7, 11) is 0. The Balaban J connectivity index is 2.99. The molecular weight excluding hydrogens is 244 g/mol. The number of carboxylic acid groups (broad SMARTS) is 1. The van der Waals surface area contributed by atoms with Crippen molar-refractivity contribution >= 4 is 11.8 Å². The lowest BCUT2D eigenvalue weighted by atomic mass is 10.1. The zero-order valence-corrected chi connectivity index (χ0v) is 8.21. The number of carbonyl (C=O) groups is 2. The van der Waals surface area contributed by atoms with Gasteiger partial charge in [-0.05, 0) is 17.7 Å². The van der Waals surface area contributed by atoms with Gasteiger partial charge in [-0.2, -0.15) is 13.2 Å². The summed E-state index contributed by atoms with van der Waals surface area (Å²) in [5.74, 6) is -4.30. The van der Waals surface area contributed by atoms with Crippen LogP contribution < -0.4 is 0 Å². The predicted molar refractivity (Wildman–Crippen MR) is 47.7 cm³/mol. The van der Waals surface area contributed by atoms with Crippen LogP contribution in [0.15, 0.2) is 18.2 Å². The summed E-state index contributed by atoms with van der Waals surface area (Å²) in [5, 5.41) is 8.27. The van der Waals surface area contributed by atoms with Gasteiger partial charge in [0.25, 0.3) is 0 Å². The maximum Gasteiger partial charge on any atom is 0.416 e. The van der Waals surface area contributed by atoms with Gasteiger partial charge in [-0.1, -0.05) is 6.07 Å². The summed E-state index contributed by atoms with van der Waals surface area (Å²) in [6, 6.07) is 1.57. The molecule has 0 unspecified atom stereocenters. The van der Waals surface area contributed by atoms with Crippen LogP contribution in [0.25, 0.3) is 0 Å². The molecule has 0 fully saturated rings. The topological polar surface area (TPSA) is 54.4 Å². The Morgan fingerprint density at radius 2 is 1.82 bits per heavy atom. The molecule has 1 N–H and O–H groups in total. The van der Waals surface area contributed by atoms with Gasteiger partial charge in [0.1, 0.15) is 5.82 Å². The first kappa shape index (κ1) is 13.1. The molecule has 7 heteroatoms. The van der Waals surface area contributed by atoms with Crippen LogP contribution in [0.2, 0.25) is 0 Å². The number of carboxylic acids is 1. The van der Waals surface area contributed by atoms with Crippen LogP contribution >= 0.6 is 0 Å². The number of hydrogen-bond donors (Lipinski definition) is 1. The van der Waals surface area contributed by atoms with Crippen LogP contribution in [0, 0.1) is 5.82 Å². The lowest BCUT2D eigenvalue weighted by Crippen LogP contribution is -2.16. The van der Waals surface area contributed by atoms with Crippen molar-refractivity contribution in [2.24, 2.45) is 0 Å². The third-order valence-electron chi connectivity index (χ3n) is 1.97. The largest absolute Gasteiger partial charge is 0.475 e. The lowest BCUT2D eigenvalue weighted by Gasteiger charge is -2.08. The number of aliphatic carboxylic acids is 1. The van der Waals surface area contributed by atoms with Crippen molar-refractivity contribution in [2.45, 2.75) is 12.6 Å². The highest BCUT2D eigenvalue weighted by Crippen LogP contribution is 2.30. The monoisotopic (exact) mass is 250 g/mol. The van der Waals surface area contributed by atoms with Crippen molar-refractivity contribution in [3.05, 3.63) is 35.1 Å². The smallest absolute Gasteiger partial charge is 0.416 e. The molecule has 0 aliphatic rings. The van der Waals surface area contributed by atoms with E-state index in [-0.39, 0.29) is 11.6 Å². The summed E-state index contributed by atoms with van der Waals surface area (Å²) in [6.45, 7) is 0. The molecule has 17 heavy (non-hydrogen) atoms. The predicted octanol–water partition coefficient (Wildman–Crippen LogP) is 2.04. The fourth-order valence-electron chi connectivity index (χ4n) is 1.12. The van der Waals surface area contributed by atoms with Gasteiger partial charge in [0.15, 0.2) is 0 Å². The summed E-state index contributed by atoms with van der Waals surface area (Å²) in [4.78, 5) is 20.9. The van der Waals surface area contributed by atoms with Gasteiger partial charge in [-0.25, -0.2) is 9.18 Å². The van der Waals surface area contributed by atoms with Crippen molar-refractivity contribution in [1.82, 2.24) is 0 Å². The number of halogens is 4. The van der Waals surface area contributed by atoms with Crippen molar-refractivity contribution in [3.8, 4) is 0 Å². The second kappa shape index (κ2) is 4.52. The maximum atomic E-state index is 13.2. The normalized spacial score (nSPS) is 11.3. The van der Waals surface area contributed by atoms with Crippen molar-refractivity contribution < 1.29 is 32.3 Å². The lowest BCUT2D eigenvalue weighted by molar-refractivity contribution is -0.148. The van der Waals surface area contributed by atoms with Gasteiger partial charge in [0.05, 0.1) is 5.56 Å². The van der Waals surface area contributed by atoms with Gasteiger partial charge in [0.2, 0.25) is 5.78 Å². The van der Waals surface area contributed by atoms with E-state index < -0.39 is 35.7 Å². The Morgan fingerprint density at radius 3 is 2.24 bits per heavy atom. The molecule has 1 aromatic carbocycles. The quantitative estimate of drug-likeness (QED) is 0.659. The Morgan fingerprint density at radius 1 is 1.24 bits per heavy atom. The molecule has 92 valence electrons. The third kappa shape index (κ3) is 3.27. The van der Waals surface area contributed by atoms with Gasteiger partial charge < -0.3 is 5.11 Å². The molecule has 0 saturated heterocycles. The van der Waals surface area contributed by atoms with E-state index in [1.807, 2.05) is 0 Å². The average molecular weight is 250 g/mol. The molecule has 0 saturated carbocycles.